The lowest BCUT2D eigenvalue weighted by molar-refractivity contribution is 0.326. The van der Waals surface area contributed by atoms with Gasteiger partial charge < -0.3 is 4.90 Å². The van der Waals surface area contributed by atoms with Crippen molar-refractivity contribution in [3.8, 4) is 0 Å². The molecule has 2 fully saturated rings. The predicted molar refractivity (Wildman–Crippen MR) is 88.1 cm³/mol. The number of aromatic nitrogens is 3. The Hall–Kier alpha value is -1.53. The van der Waals surface area contributed by atoms with Gasteiger partial charge in [0.05, 0.1) is 11.2 Å². The summed E-state index contributed by atoms with van der Waals surface area (Å²) in [5, 5.41) is 0. The van der Waals surface area contributed by atoms with Crippen LogP contribution in [0.25, 0.3) is 0 Å². The quantitative estimate of drug-likeness (QED) is 0.848. The Kier molecular flexibility index (Phi) is 3.80. The van der Waals surface area contributed by atoms with Gasteiger partial charge in [-0.2, -0.15) is 0 Å². The number of nitrogens with zero attached hydrogens (tertiary/aromatic N) is 5. The third-order valence-corrected chi connectivity index (χ3v) is 5.54. The highest BCUT2D eigenvalue weighted by Gasteiger charge is 2.38. The largest absolute Gasteiger partial charge is 0.349 e. The Labute approximate surface area is 135 Å². The fraction of sp³-hybridized carbons (Fsp3) is 0.562. The Bertz CT molecular complexity index is 624. The van der Waals surface area contributed by atoms with E-state index in [1.54, 1.807) is 17.7 Å². The first-order valence-electron chi connectivity index (χ1n) is 7.97. The highest BCUT2D eigenvalue weighted by molar-refractivity contribution is 7.09. The van der Waals surface area contributed by atoms with E-state index in [4.69, 9.17) is 0 Å². The summed E-state index contributed by atoms with van der Waals surface area (Å²) in [4.78, 5) is 19.4. The zero-order chi connectivity index (χ0) is 14.9. The number of thiazole rings is 1. The van der Waals surface area contributed by atoms with Crippen LogP contribution < -0.4 is 4.90 Å². The van der Waals surface area contributed by atoms with Crippen LogP contribution in [0.5, 0.6) is 0 Å². The predicted octanol–water partition coefficient (Wildman–Crippen LogP) is 2.48. The molecule has 0 N–H and O–H groups in total. The number of aryl methyl sites for hydroxylation is 1. The average Bonchev–Trinajstić information content (AvgIpc) is 3.13. The number of hydrogen-bond donors (Lipinski definition) is 0. The van der Waals surface area contributed by atoms with Gasteiger partial charge in [0, 0.05) is 42.8 Å². The minimum Gasteiger partial charge on any atom is -0.349 e. The molecule has 0 amide bonds. The van der Waals surface area contributed by atoms with Crippen molar-refractivity contribution in [2.75, 3.05) is 18.0 Å². The highest BCUT2D eigenvalue weighted by Crippen LogP contribution is 2.35. The van der Waals surface area contributed by atoms with Crippen LogP contribution in [-0.2, 0) is 6.54 Å². The zero-order valence-electron chi connectivity index (χ0n) is 12.9. The Balaban J connectivity index is 1.45. The van der Waals surface area contributed by atoms with Gasteiger partial charge in [0.2, 0.25) is 0 Å². The lowest BCUT2D eigenvalue weighted by Crippen LogP contribution is -2.39. The van der Waals surface area contributed by atoms with Gasteiger partial charge in [0.15, 0.2) is 0 Å². The lowest BCUT2D eigenvalue weighted by Gasteiger charge is -2.30. The van der Waals surface area contributed by atoms with Gasteiger partial charge in [-0.1, -0.05) is 0 Å². The van der Waals surface area contributed by atoms with E-state index in [0.717, 1.165) is 25.5 Å². The van der Waals surface area contributed by atoms with Crippen molar-refractivity contribution in [1.29, 1.82) is 0 Å². The number of hydrogen-bond acceptors (Lipinski definition) is 6. The molecule has 2 aliphatic rings. The first-order valence-corrected chi connectivity index (χ1v) is 8.85. The van der Waals surface area contributed by atoms with E-state index in [-0.39, 0.29) is 0 Å². The summed E-state index contributed by atoms with van der Waals surface area (Å²) in [7, 11) is 0. The molecule has 2 aromatic heterocycles. The molecule has 1 saturated carbocycles. The van der Waals surface area contributed by atoms with Crippen molar-refractivity contribution in [1.82, 2.24) is 19.9 Å². The van der Waals surface area contributed by atoms with Crippen molar-refractivity contribution in [3.05, 3.63) is 34.7 Å². The van der Waals surface area contributed by atoms with Crippen molar-refractivity contribution in [2.24, 2.45) is 0 Å². The van der Waals surface area contributed by atoms with Gasteiger partial charge in [-0.25, -0.2) is 15.0 Å². The normalized spacial score (nSPS) is 22.1. The molecule has 0 radical (unpaired) electrons. The molecule has 2 aromatic rings. The van der Waals surface area contributed by atoms with E-state index >= 15 is 0 Å². The fourth-order valence-corrected chi connectivity index (χ4v) is 4.14. The highest BCUT2D eigenvalue weighted by atomic mass is 32.1. The maximum atomic E-state index is 4.49. The summed E-state index contributed by atoms with van der Waals surface area (Å²) >= 11 is 1.77. The summed E-state index contributed by atoms with van der Waals surface area (Å²) in [5.74, 6) is 1.10. The van der Waals surface area contributed by atoms with Gasteiger partial charge in [-0.15, -0.1) is 11.3 Å². The van der Waals surface area contributed by atoms with E-state index in [0.29, 0.717) is 12.1 Å². The maximum Gasteiger partial charge on any atom is 0.132 e. The summed E-state index contributed by atoms with van der Waals surface area (Å²) < 4.78 is 0. The monoisotopic (exact) mass is 315 g/mol. The van der Waals surface area contributed by atoms with E-state index in [1.807, 2.05) is 17.8 Å². The molecule has 4 rings (SSSR count). The molecule has 1 saturated heterocycles. The molecule has 0 aromatic carbocycles. The molecule has 3 heterocycles. The van der Waals surface area contributed by atoms with Gasteiger partial charge in [-0.3, -0.25) is 4.90 Å². The standard InChI is InChI=1S/C16H21N5S/c1-12-15(22-11-19-12)9-20-7-5-14(8-20)21(13-2-3-13)16-4-6-17-10-18-16/h4,6,10-11,13-14H,2-3,5,7-9H2,1H3. The third kappa shape index (κ3) is 2.85. The summed E-state index contributed by atoms with van der Waals surface area (Å²) in [6, 6.07) is 3.31. The Morgan fingerprint density at radius 2 is 2.18 bits per heavy atom. The van der Waals surface area contributed by atoms with Crippen molar-refractivity contribution < 1.29 is 0 Å². The van der Waals surface area contributed by atoms with Crippen molar-refractivity contribution in [2.45, 2.75) is 44.8 Å². The molecule has 6 heteroatoms. The van der Waals surface area contributed by atoms with Crippen LogP contribution in [0, 0.1) is 6.92 Å². The lowest BCUT2D eigenvalue weighted by atomic mass is 10.2. The van der Waals surface area contributed by atoms with Gasteiger partial charge in [0.25, 0.3) is 0 Å². The van der Waals surface area contributed by atoms with E-state index in [9.17, 15) is 0 Å². The second-order valence-corrected chi connectivity index (χ2v) is 7.18. The van der Waals surface area contributed by atoms with Crippen LogP contribution in [0.3, 0.4) is 0 Å². The molecular formula is C16H21N5S. The molecule has 5 nitrogen and oxygen atoms in total. The second kappa shape index (κ2) is 5.93. The molecule has 1 atom stereocenters. The zero-order valence-corrected chi connectivity index (χ0v) is 13.7. The average molecular weight is 315 g/mol. The Morgan fingerprint density at radius 1 is 1.27 bits per heavy atom. The van der Waals surface area contributed by atoms with Crippen molar-refractivity contribution in [3.63, 3.8) is 0 Å². The molecular weight excluding hydrogens is 294 g/mol. The van der Waals surface area contributed by atoms with Crippen LogP contribution >= 0.6 is 11.3 Å². The number of rotatable bonds is 5. The van der Waals surface area contributed by atoms with E-state index in [1.165, 1.54) is 29.8 Å². The van der Waals surface area contributed by atoms with E-state index in [2.05, 4.69) is 31.7 Å². The molecule has 0 spiro atoms. The van der Waals surface area contributed by atoms with Gasteiger partial charge >= 0.3 is 0 Å². The number of likely N-dealkylation sites (tertiary alicyclic amines) is 1. The SMILES string of the molecule is Cc1ncsc1CN1CCC(N(c2ccncn2)C2CC2)C1. The van der Waals surface area contributed by atoms with Gasteiger partial charge in [-0.05, 0) is 32.3 Å². The first kappa shape index (κ1) is 14.1. The number of anilines is 1. The fourth-order valence-electron chi connectivity index (χ4n) is 3.33. The van der Waals surface area contributed by atoms with Crippen LogP contribution in [0.1, 0.15) is 29.8 Å². The smallest absolute Gasteiger partial charge is 0.132 e. The van der Waals surface area contributed by atoms with Crippen LogP contribution in [0.4, 0.5) is 5.82 Å². The van der Waals surface area contributed by atoms with Crippen LogP contribution in [0.2, 0.25) is 0 Å². The summed E-state index contributed by atoms with van der Waals surface area (Å²) in [6.45, 7) is 5.43. The molecule has 116 valence electrons. The van der Waals surface area contributed by atoms with E-state index < -0.39 is 0 Å². The van der Waals surface area contributed by atoms with Crippen molar-refractivity contribution >= 4 is 17.2 Å². The summed E-state index contributed by atoms with van der Waals surface area (Å²) in [6.07, 6.45) is 7.34. The van der Waals surface area contributed by atoms with Crippen LogP contribution in [-0.4, -0.2) is 45.0 Å². The second-order valence-electron chi connectivity index (χ2n) is 6.24. The topological polar surface area (TPSA) is 45.2 Å². The maximum absolute atomic E-state index is 4.49. The summed E-state index contributed by atoms with van der Waals surface area (Å²) in [5.41, 5.74) is 3.14. The minimum absolute atomic E-state index is 0.579. The third-order valence-electron chi connectivity index (χ3n) is 4.62. The molecule has 0 bridgehead atoms. The van der Waals surface area contributed by atoms with Crippen LogP contribution in [0.15, 0.2) is 24.1 Å². The Morgan fingerprint density at radius 3 is 2.86 bits per heavy atom. The van der Waals surface area contributed by atoms with Gasteiger partial charge in [0.1, 0.15) is 12.1 Å². The first-order chi connectivity index (χ1) is 10.8. The molecule has 22 heavy (non-hydrogen) atoms. The molecule has 1 unspecified atom stereocenters. The molecule has 1 aliphatic heterocycles. The minimum atomic E-state index is 0.579. The molecule has 1 aliphatic carbocycles.